The molecule has 0 saturated carbocycles. The van der Waals surface area contributed by atoms with Gasteiger partial charge in [0.15, 0.2) is 11.0 Å². The molecule has 5 nitrogen and oxygen atoms in total. The van der Waals surface area contributed by atoms with Gasteiger partial charge in [-0.1, -0.05) is 34.6 Å². The number of aryl methyl sites for hydroxylation is 1. The maximum Gasteiger partial charge on any atom is 0.313 e. The zero-order chi connectivity index (χ0) is 15.4. The second-order valence-corrected chi connectivity index (χ2v) is 6.52. The van der Waals surface area contributed by atoms with Crippen molar-refractivity contribution in [2.75, 3.05) is 5.75 Å². The number of aromatic nitrogens is 3. The van der Waals surface area contributed by atoms with Crippen molar-refractivity contribution in [1.82, 2.24) is 14.8 Å². The van der Waals surface area contributed by atoms with Gasteiger partial charge >= 0.3 is 5.97 Å². The summed E-state index contributed by atoms with van der Waals surface area (Å²) in [5, 5.41) is 17.8. The Balaban J connectivity index is 2.40. The highest BCUT2D eigenvalue weighted by molar-refractivity contribution is 9.10. The number of thioether (sulfide) groups is 1. The highest BCUT2D eigenvalue weighted by Crippen LogP contribution is 2.27. The molecule has 0 aliphatic carbocycles. The third-order valence-electron chi connectivity index (χ3n) is 2.79. The van der Waals surface area contributed by atoms with Gasteiger partial charge in [-0.25, -0.2) is 0 Å². The lowest BCUT2D eigenvalue weighted by molar-refractivity contribution is -0.133. The highest BCUT2D eigenvalue weighted by Gasteiger charge is 2.15. The molecule has 0 radical (unpaired) electrons. The summed E-state index contributed by atoms with van der Waals surface area (Å²) in [6.45, 7) is 4.85. The van der Waals surface area contributed by atoms with Crippen LogP contribution in [0.25, 0.3) is 11.4 Å². The molecule has 0 bridgehead atoms. The van der Waals surface area contributed by atoms with E-state index in [4.69, 9.17) is 5.11 Å². The summed E-state index contributed by atoms with van der Waals surface area (Å²) < 4.78 is 2.97. The van der Waals surface area contributed by atoms with Crippen LogP contribution in [0.3, 0.4) is 0 Å². The largest absolute Gasteiger partial charge is 0.481 e. The van der Waals surface area contributed by atoms with Crippen molar-refractivity contribution in [3.05, 3.63) is 28.2 Å². The van der Waals surface area contributed by atoms with E-state index in [0.29, 0.717) is 5.16 Å². The number of rotatable bonds is 6. The quantitative estimate of drug-likeness (QED) is 0.787. The molecule has 0 fully saturated rings. The predicted octanol–water partition coefficient (Wildman–Crippen LogP) is 3.60. The number of halogens is 1. The fourth-order valence-corrected chi connectivity index (χ4v) is 3.32. The van der Waals surface area contributed by atoms with Crippen LogP contribution < -0.4 is 0 Å². The van der Waals surface area contributed by atoms with Crippen LogP contribution in [0.5, 0.6) is 0 Å². The molecule has 2 rings (SSSR count). The molecule has 21 heavy (non-hydrogen) atoms. The van der Waals surface area contributed by atoms with Crippen LogP contribution in [0.1, 0.15) is 18.9 Å². The molecule has 0 aliphatic heterocycles. The van der Waals surface area contributed by atoms with Gasteiger partial charge in [-0.05, 0) is 37.1 Å². The number of benzene rings is 1. The van der Waals surface area contributed by atoms with Crippen LogP contribution in [0, 0.1) is 6.92 Å². The zero-order valence-electron chi connectivity index (χ0n) is 11.8. The van der Waals surface area contributed by atoms with E-state index in [2.05, 4.69) is 33.1 Å². The zero-order valence-corrected chi connectivity index (χ0v) is 14.2. The monoisotopic (exact) mass is 369 g/mol. The average molecular weight is 370 g/mol. The van der Waals surface area contributed by atoms with Crippen molar-refractivity contribution in [2.45, 2.75) is 32.0 Å². The molecular weight excluding hydrogens is 354 g/mol. The van der Waals surface area contributed by atoms with Crippen LogP contribution in [0.15, 0.2) is 27.8 Å². The summed E-state index contributed by atoms with van der Waals surface area (Å²) in [6.07, 6.45) is 0.929. The van der Waals surface area contributed by atoms with E-state index < -0.39 is 5.97 Å². The highest BCUT2D eigenvalue weighted by atomic mass is 79.9. The van der Waals surface area contributed by atoms with Gasteiger partial charge in [-0.15, -0.1) is 10.2 Å². The molecule has 0 unspecified atom stereocenters. The van der Waals surface area contributed by atoms with Crippen LogP contribution >= 0.6 is 27.7 Å². The minimum Gasteiger partial charge on any atom is -0.481 e. The predicted molar refractivity (Wildman–Crippen MR) is 86.5 cm³/mol. The van der Waals surface area contributed by atoms with E-state index >= 15 is 0 Å². The first-order valence-electron chi connectivity index (χ1n) is 6.56. The van der Waals surface area contributed by atoms with Crippen LogP contribution in [0.2, 0.25) is 0 Å². The maximum atomic E-state index is 10.7. The second kappa shape index (κ2) is 7.09. The molecule has 1 N–H and O–H groups in total. The molecule has 0 saturated heterocycles. The molecule has 112 valence electrons. The van der Waals surface area contributed by atoms with E-state index in [-0.39, 0.29) is 5.75 Å². The third-order valence-corrected chi connectivity index (χ3v) is 4.20. The molecule has 1 aromatic carbocycles. The fourth-order valence-electron chi connectivity index (χ4n) is 2.03. The lowest BCUT2D eigenvalue weighted by Gasteiger charge is -2.09. The van der Waals surface area contributed by atoms with Gasteiger partial charge < -0.3 is 9.67 Å². The van der Waals surface area contributed by atoms with Crippen molar-refractivity contribution >= 4 is 33.7 Å². The Morgan fingerprint density at radius 2 is 2.14 bits per heavy atom. The standard InChI is InChI=1S/C14H16BrN3O2S/c1-3-4-18-13(10-5-9(2)6-11(15)7-10)16-17-14(18)21-8-12(19)20/h5-7H,3-4,8H2,1-2H3,(H,19,20). The number of carboxylic acid groups (broad SMARTS) is 1. The molecule has 1 aromatic heterocycles. The number of hydrogen-bond acceptors (Lipinski definition) is 4. The van der Waals surface area contributed by atoms with Gasteiger partial charge in [0.1, 0.15) is 0 Å². The van der Waals surface area contributed by atoms with E-state index in [1.807, 2.05) is 29.7 Å². The number of hydrogen-bond donors (Lipinski definition) is 1. The molecule has 0 aliphatic rings. The smallest absolute Gasteiger partial charge is 0.313 e. The first kappa shape index (κ1) is 16.0. The molecule has 0 atom stereocenters. The van der Waals surface area contributed by atoms with E-state index in [1.165, 1.54) is 11.8 Å². The Morgan fingerprint density at radius 3 is 2.76 bits per heavy atom. The average Bonchev–Trinajstić information content (AvgIpc) is 2.79. The van der Waals surface area contributed by atoms with Gasteiger partial charge in [0.05, 0.1) is 5.75 Å². The van der Waals surface area contributed by atoms with Crippen molar-refractivity contribution in [2.24, 2.45) is 0 Å². The van der Waals surface area contributed by atoms with Crippen molar-refractivity contribution in [3.63, 3.8) is 0 Å². The fraction of sp³-hybridized carbons (Fsp3) is 0.357. The second-order valence-electron chi connectivity index (χ2n) is 4.66. The summed E-state index contributed by atoms with van der Waals surface area (Å²) in [5.74, 6) is -0.0978. The molecule has 2 aromatic rings. The number of nitrogens with zero attached hydrogens (tertiary/aromatic N) is 3. The Kier molecular flexibility index (Phi) is 5.41. The molecule has 0 amide bonds. The Hall–Kier alpha value is -1.34. The molecular formula is C14H16BrN3O2S. The summed E-state index contributed by atoms with van der Waals surface area (Å²) in [6, 6.07) is 6.07. The minimum atomic E-state index is -0.856. The minimum absolute atomic E-state index is 0.0145. The summed E-state index contributed by atoms with van der Waals surface area (Å²) in [5.41, 5.74) is 2.11. The first-order chi connectivity index (χ1) is 10.0. The normalized spacial score (nSPS) is 10.8. The van der Waals surface area contributed by atoms with Crippen LogP contribution in [-0.2, 0) is 11.3 Å². The summed E-state index contributed by atoms with van der Waals surface area (Å²) >= 11 is 4.69. The van der Waals surface area contributed by atoms with E-state index in [9.17, 15) is 4.79 Å². The van der Waals surface area contributed by atoms with Gasteiger partial charge in [-0.3, -0.25) is 4.79 Å². The van der Waals surface area contributed by atoms with Gasteiger partial charge in [0.2, 0.25) is 0 Å². The van der Waals surface area contributed by atoms with Crippen LogP contribution in [0.4, 0.5) is 0 Å². The van der Waals surface area contributed by atoms with Gasteiger partial charge in [0.25, 0.3) is 0 Å². The Labute approximate surface area is 135 Å². The lowest BCUT2D eigenvalue weighted by Crippen LogP contribution is -2.04. The number of carboxylic acids is 1. The van der Waals surface area contributed by atoms with Gasteiger partial charge in [-0.2, -0.15) is 0 Å². The lowest BCUT2D eigenvalue weighted by atomic mass is 10.1. The van der Waals surface area contributed by atoms with Crippen molar-refractivity contribution in [3.8, 4) is 11.4 Å². The Bertz CT molecular complexity index is 637. The maximum absolute atomic E-state index is 10.7. The number of aliphatic carboxylic acids is 1. The van der Waals surface area contributed by atoms with Crippen LogP contribution in [-0.4, -0.2) is 31.6 Å². The molecule has 0 spiro atoms. The summed E-state index contributed by atoms with van der Waals surface area (Å²) in [4.78, 5) is 10.7. The third kappa shape index (κ3) is 4.07. The van der Waals surface area contributed by atoms with E-state index in [0.717, 1.165) is 34.4 Å². The topological polar surface area (TPSA) is 68.0 Å². The summed E-state index contributed by atoms with van der Waals surface area (Å²) in [7, 11) is 0. The molecule has 1 heterocycles. The SMILES string of the molecule is CCCn1c(SCC(=O)O)nnc1-c1cc(C)cc(Br)c1. The Morgan fingerprint density at radius 1 is 1.38 bits per heavy atom. The van der Waals surface area contributed by atoms with Crippen molar-refractivity contribution < 1.29 is 9.90 Å². The van der Waals surface area contributed by atoms with Gasteiger partial charge in [0, 0.05) is 16.6 Å². The van der Waals surface area contributed by atoms with E-state index in [1.54, 1.807) is 0 Å². The number of carbonyl (C=O) groups is 1. The van der Waals surface area contributed by atoms with Crippen molar-refractivity contribution in [1.29, 1.82) is 0 Å². The first-order valence-corrected chi connectivity index (χ1v) is 8.34. The molecule has 7 heteroatoms.